The van der Waals surface area contributed by atoms with Crippen LogP contribution in [0.25, 0.3) is 33.3 Å². The van der Waals surface area contributed by atoms with Gasteiger partial charge < -0.3 is 14.6 Å². The Labute approximate surface area is 190 Å². The Kier molecular flexibility index (Phi) is 4.36. The summed E-state index contributed by atoms with van der Waals surface area (Å²) in [5.74, 6) is 0.707. The normalized spacial score (nSPS) is 19.4. The third kappa shape index (κ3) is 3.21. The molecule has 170 valence electrons. The Morgan fingerprint density at radius 2 is 1.91 bits per heavy atom. The van der Waals surface area contributed by atoms with Gasteiger partial charge in [0.1, 0.15) is 11.6 Å². The number of rotatable bonds is 5. The highest BCUT2D eigenvalue weighted by Crippen LogP contribution is 2.40. The summed E-state index contributed by atoms with van der Waals surface area (Å²) in [4.78, 5) is 33.7. The van der Waals surface area contributed by atoms with Crippen molar-refractivity contribution in [3.63, 3.8) is 0 Å². The van der Waals surface area contributed by atoms with Gasteiger partial charge in [0.15, 0.2) is 0 Å². The zero-order valence-electron chi connectivity index (χ0n) is 18.9. The van der Waals surface area contributed by atoms with Crippen LogP contribution in [-0.4, -0.2) is 42.2 Å². The van der Waals surface area contributed by atoms with E-state index < -0.39 is 0 Å². The van der Waals surface area contributed by atoms with Crippen molar-refractivity contribution in [1.29, 1.82) is 0 Å². The maximum atomic E-state index is 12.4. The summed E-state index contributed by atoms with van der Waals surface area (Å²) in [5, 5.41) is 2.89. The molecule has 1 N–H and O–H groups in total. The Bertz CT molecular complexity index is 1480. The van der Waals surface area contributed by atoms with Gasteiger partial charge in [-0.15, -0.1) is 0 Å². The molecule has 2 fully saturated rings. The van der Waals surface area contributed by atoms with Gasteiger partial charge in [-0.05, 0) is 38.0 Å². The number of hydrogen-bond donors (Lipinski definition) is 1. The number of ether oxygens (including phenoxy) is 1. The Hall–Kier alpha value is -3.62. The van der Waals surface area contributed by atoms with Gasteiger partial charge in [0.2, 0.25) is 11.8 Å². The molecule has 33 heavy (non-hydrogen) atoms. The smallest absolute Gasteiger partial charge is 0.328 e. The standard InChI is InChI=1S/C24H26N6O3/c1-13(15-9-21(31)25-11-15)33-23-22-18(26-12-30(22)16-5-6-16)10-17(27-23)14-4-7-19-20(8-14)29(3)24(32)28(19)2/h4,7-8,10,12-13,15-16H,5-6,9,11H2,1-3H3,(H,25,31)/t13-,15-/m1/s1. The average molecular weight is 447 g/mol. The van der Waals surface area contributed by atoms with Crippen LogP contribution in [-0.2, 0) is 18.9 Å². The number of fused-ring (bicyclic) bond motifs is 2. The van der Waals surface area contributed by atoms with Gasteiger partial charge in [-0.25, -0.2) is 14.8 Å². The first-order valence-corrected chi connectivity index (χ1v) is 11.4. The van der Waals surface area contributed by atoms with Crippen LogP contribution in [0.1, 0.15) is 32.2 Å². The number of nitrogens with zero attached hydrogens (tertiary/aromatic N) is 5. The van der Waals surface area contributed by atoms with E-state index in [1.807, 2.05) is 37.5 Å². The number of nitrogens with one attached hydrogen (secondary N) is 1. The van der Waals surface area contributed by atoms with Crippen molar-refractivity contribution in [3.05, 3.63) is 41.1 Å². The Balaban J connectivity index is 1.47. The molecule has 2 aliphatic rings. The van der Waals surface area contributed by atoms with E-state index in [1.165, 1.54) is 0 Å². The van der Waals surface area contributed by atoms with Crippen molar-refractivity contribution in [2.24, 2.45) is 20.0 Å². The number of aryl methyl sites for hydroxylation is 2. The lowest BCUT2D eigenvalue weighted by atomic mass is 10.0. The minimum Gasteiger partial charge on any atom is -0.473 e. The third-order valence-corrected chi connectivity index (χ3v) is 7.00. The number of hydrogen-bond acceptors (Lipinski definition) is 5. The van der Waals surface area contributed by atoms with Crippen molar-refractivity contribution < 1.29 is 9.53 Å². The molecule has 1 aliphatic carbocycles. The number of amides is 1. The lowest BCUT2D eigenvalue weighted by Crippen LogP contribution is -2.26. The SMILES string of the molecule is C[C@@H](Oc1nc(-c2ccc3c(c2)n(C)c(=O)n3C)cc2ncn(C3CC3)c12)[C@H]1CNC(=O)C1. The molecule has 1 saturated carbocycles. The molecule has 1 saturated heterocycles. The molecule has 1 amide bonds. The van der Waals surface area contributed by atoms with E-state index in [0.717, 1.165) is 46.2 Å². The second kappa shape index (κ2) is 7.19. The van der Waals surface area contributed by atoms with Crippen LogP contribution in [0.15, 0.2) is 35.4 Å². The van der Waals surface area contributed by atoms with Crippen LogP contribution in [0.4, 0.5) is 0 Å². The van der Waals surface area contributed by atoms with E-state index in [9.17, 15) is 9.59 Å². The number of carbonyl (C=O) groups is 1. The van der Waals surface area contributed by atoms with Crippen LogP contribution in [0.5, 0.6) is 5.88 Å². The van der Waals surface area contributed by atoms with E-state index in [0.29, 0.717) is 24.9 Å². The first-order chi connectivity index (χ1) is 15.9. The average Bonchev–Trinajstić information content (AvgIpc) is 3.35. The predicted octanol–water partition coefficient (Wildman–Crippen LogP) is 2.53. The summed E-state index contributed by atoms with van der Waals surface area (Å²) in [6, 6.07) is 8.31. The maximum absolute atomic E-state index is 12.4. The minimum atomic E-state index is -0.171. The summed E-state index contributed by atoms with van der Waals surface area (Å²) < 4.78 is 11.9. The fourth-order valence-electron chi connectivity index (χ4n) is 4.78. The molecule has 4 aromatic rings. The Morgan fingerprint density at radius 1 is 1.12 bits per heavy atom. The number of aromatic nitrogens is 5. The molecule has 9 heteroatoms. The molecule has 0 spiro atoms. The molecule has 0 radical (unpaired) electrons. The molecule has 3 aromatic heterocycles. The van der Waals surface area contributed by atoms with Crippen LogP contribution >= 0.6 is 0 Å². The molecular formula is C24H26N6O3. The van der Waals surface area contributed by atoms with Gasteiger partial charge in [-0.2, -0.15) is 0 Å². The van der Waals surface area contributed by atoms with Crippen molar-refractivity contribution in [2.75, 3.05) is 6.54 Å². The largest absolute Gasteiger partial charge is 0.473 e. The van der Waals surface area contributed by atoms with E-state index in [1.54, 1.807) is 23.2 Å². The first-order valence-electron chi connectivity index (χ1n) is 11.4. The monoisotopic (exact) mass is 446 g/mol. The summed E-state index contributed by atoms with van der Waals surface area (Å²) in [7, 11) is 3.55. The zero-order chi connectivity index (χ0) is 22.9. The topological polar surface area (TPSA) is 96.0 Å². The van der Waals surface area contributed by atoms with Gasteiger partial charge in [-0.3, -0.25) is 13.9 Å². The first kappa shape index (κ1) is 20.0. The fourth-order valence-corrected chi connectivity index (χ4v) is 4.78. The quantitative estimate of drug-likeness (QED) is 0.508. The highest BCUT2D eigenvalue weighted by molar-refractivity contribution is 5.87. The predicted molar refractivity (Wildman–Crippen MR) is 124 cm³/mol. The number of pyridine rings is 1. The lowest BCUT2D eigenvalue weighted by molar-refractivity contribution is -0.119. The number of carbonyl (C=O) groups excluding carboxylic acids is 1. The van der Waals surface area contributed by atoms with Crippen LogP contribution < -0.4 is 15.7 Å². The maximum Gasteiger partial charge on any atom is 0.328 e. The number of benzene rings is 1. The van der Waals surface area contributed by atoms with Crippen molar-refractivity contribution in [3.8, 4) is 17.1 Å². The van der Waals surface area contributed by atoms with Gasteiger partial charge >= 0.3 is 5.69 Å². The molecule has 6 rings (SSSR count). The van der Waals surface area contributed by atoms with Crippen molar-refractivity contribution >= 4 is 28.0 Å². The summed E-state index contributed by atoms with van der Waals surface area (Å²) >= 11 is 0. The summed E-state index contributed by atoms with van der Waals surface area (Å²) in [6.45, 7) is 2.61. The molecule has 0 unspecified atom stereocenters. The summed E-state index contributed by atoms with van der Waals surface area (Å²) in [6.07, 6.45) is 4.42. The van der Waals surface area contributed by atoms with E-state index in [2.05, 4.69) is 14.9 Å². The third-order valence-electron chi connectivity index (χ3n) is 7.00. The van der Waals surface area contributed by atoms with Crippen molar-refractivity contribution in [2.45, 2.75) is 38.3 Å². The molecule has 1 aliphatic heterocycles. The van der Waals surface area contributed by atoms with Gasteiger partial charge in [0.25, 0.3) is 0 Å². The second-order valence-electron chi connectivity index (χ2n) is 9.26. The van der Waals surface area contributed by atoms with Gasteiger partial charge in [0, 0.05) is 44.6 Å². The summed E-state index contributed by atoms with van der Waals surface area (Å²) in [5.41, 5.74) is 5.01. The van der Waals surface area contributed by atoms with Crippen LogP contribution in [0.3, 0.4) is 0 Å². The van der Waals surface area contributed by atoms with Gasteiger partial charge in [0.05, 0.1) is 28.6 Å². The molecule has 0 bridgehead atoms. The fraction of sp³-hybridized carbons (Fsp3) is 0.417. The minimum absolute atomic E-state index is 0.0621. The lowest BCUT2D eigenvalue weighted by Gasteiger charge is -2.20. The molecule has 2 atom stereocenters. The molecular weight excluding hydrogens is 420 g/mol. The van der Waals surface area contributed by atoms with E-state index in [4.69, 9.17) is 9.72 Å². The highest BCUT2D eigenvalue weighted by atomic mass is 16.5. The molecule has 1 aromatic carbocycles. The zero-order valence-corrected chi connectivity index (χ0v) is 18.9. The highest BCUT2D eigenvalue weighted by Gasteiger charge is 2.31. The molecule has 9 nitrogen and oxygen atoms in total. The van der Waals surface area contributed by atoms with Crippen molar-refractivity contribution in [1.82, 2.24) is 29.0 Å². The number of imidazole rings is 2. The van der Waals surface area contributed by atoms with E-state index >= 15 is 0 Å². The second-order valence-corrected chi connectivity index (χ2v) is 9.26. The van der Waals surface area contributed by atoms with Crippen LogP contribution in [0, 0.1) is 5.92 Å². The van der Waals surface area contributed by atoms with E-state index in [-0.39, 0.29) is 23.6 Å². The Morgan fingerprint density at radius 3 is 2.64 bits per heavy atom. The molecule has 4 heterocycles. The van der Waals surface area contributed by atoms with Crippen LogP contribution in [0.2, 0.25) is 0 Å². The van der Waals surface area contributed by atoms with Gasteiger partial charge in [-0.1, -0.05) is 6.07 Å².